The van der Waals surface area contributed by atoms with Crippen molar-refractivity contribution in [2.24, 2.45) is 0 Å². The Balaban J connectivity index is 1.24. The van der Waals surface area contributed by atoms with Gasteiger partial charge in [-0.05, 0) is 52.6 Å². The van der Waals surface area contributed by atoms with Crippen molar-refractivity contribution in [1.29, 1.82) is 0 Å². The maximum Gasteiger partial charge on any atom is 0.170 e. The van der Waals surface area contributed by atoms with Gasteiger partial charge in [0.05, 0.1) is 12.2 Å². The summed E-state index contributed by atoms with van der Waals surface area (Å²) in [6.07, 6.45) is 1.86. The van der Waals surface area contributed by atoms with Crippen LogP contribution >= 0.6 is 0 Å². The highest BCUT2D eigenvalue weighted by Gasteiger charge is 2.26. The molecule has 2 aliphatic rings. The summed E-state index contributed by atoms with van der Waals surface area (Å²) in [5, 5.41) is 1.87. The second-order valence-corrected chi connectivity index (χ2v) is 9.50. The third-order valence-corrected chi connectivity index (χ3v) is 7.29. The molecule has 4 aromatic carbocycles. The largest absolute Gasteiger partial charge is 0.492 e. The molecular formula is C31H27NO3. The van der Waals surface area contributed by atoms with Gasteiger partial charge in [0.1, 0.15) is 5.75 Å². The highest BCUT2D eigenvalue weighted by atomic mass is 16.5. The van der Waals surface area contributed by atoms with Gasteiger partial charge < -0.3 is 9.64 Å². The summed E-state index contributed by atoms with van der Waals surface area (Å²) in [5.74, 6) is 1.33. The Morgan fingerprint density at radius 2 is 1.74 bits per heavy atom. The lowest BCUT2D eigenvalue weighted by Crippen LogP contribution is -2.21. The summed E-state index contributed by atoms with van der Waals surface area (Å²) in [4.78, 5) is 28.1. The first-order valence-electron chi connectivity index (χ1n) is 12.3. The van der Waals surface area contributed by atoms with Crippen LogP contribution in [-0.4, -0.2) is 31.3 Å². The number of fused-ring (bicyclic) bond motifs is 2. The summed E-state index contributed by atoms with van der Waals surface area (Å²) in [7, 11) is 0. The van der Waals surface area contributed by atoms with Crippen LogP contribution in [0, 0.1) is 0 Å². The lowest BCUT2D eigenvalue weighted by Gasteiger charge is -2.22. The minimum atomic E-state index is 0.0819. The number of ketones is 2. The number of rotatable bonds is 5. The van der Waals surface area contributed by atoms with Crippen molar-refractivity contribution in [2.45, 2.75) is 25.2 Å². The first kappa shape index (κ1) is 21.6. The second kappa shape index (κ2) is 9.03. The van der Waals surface area contributed by atoms with Gasteiger partial charge in [0, 0.05) is 43.1 Å². The van der Waals surface area contributed by atoms with Crippen LogP contribution in [0.1, 0.15) is 50.6 Å². The lowest BCUT2D eigenvalue weighted by molar-refractivity contribution is 0.0933. The molecule has 1 atom stereocenters. The number of nitrogens with zero attached hydrogens (tertiary/aromatic N) is 1. The summed E-state index contributed by atoms with van der Waals surface area (Å²) in [6, 6.07) is 28.5. The molecule has 4 nitrogen and oxygen atoms in total. The molecular weight excluding hydrogens is 434 g/mol. The van der Waals surface area contributed by atoms with Crippen molar-refractivity contribution in [1.82, 2.24) is 0 Å². The zero-order valence-corrected chi connectivity index (χ0v) is 19.6. The number of carbonyl (C=O) groups excluding carboxylic acids is 2. The number of hydrogen-bond acceptors (Lipinski definition) is 4. The van der Waals surface area contributed by atoms with E-state index in [9.17, 15) is 9.59 Å². The summed E-state index contributed by atoms with van der Waals surface area (Å²) >= 11 is 0. The van der Waals surface area contributed by atoms with Crippen LogP contribution in [0.4, 0.5) is 5.69 Å². The van der Waals surface area contributed by atoms with E-state index in [0.29, 0.717) is 42.2 Å². The van der Waals surface area contributed by atoms with Gasteiger partial charge in [-0.2, -0.15) is 0 Å². The van der Waals surface area contributed by atoms with Gasteiger partial charge in [-0.15, -0.1) is 0 Å². The van der Waals surface area contributed by atoms with Crippen LogP contribution in [0.2, 0.25) is 0 Å². The molecule has 1 fully saturated rings. The molecule has 2 aliphatic heterocycles. The molecule has 6 rings (SSSR count). The number of para-hydroxylation sites is 1. The molecule has 0 saturated carbocycles. The number of ether oxygens (including phenoxy) is 1. The van der Waals surface area contributed by atoms with Gasteiger partial charge in [0.25, 0.3) is 0 Å². The molecule has 0 N–H and O–H groups in total. The van der Waals surface area contributed by atoms with E-state index < -0.39 is 0 Å². The first-order chi connectivity index (χ1) is 17.2. The van der Waals surface area contributed by atoms with Gasteiger partial charge >= 0.3 is 0 Å². The van der Waals surface area contributed by atoms with Gasteiger partial charge in [0.2, 0.25) is 0 Å². The molecule has 2 heterocycles. The summed E-state index contributed by atoms with van der Waals surface area (Å²) < 4.78 is 5.66. The quantitative estimate of drug-likeness (QED) is 0.331. The fraction of sp³-hybridized carbons (Fsp3) is 0.226. The van der Waals surface area contributed by atoms with Crippen LogP contribution in [0.5, 0.6) is 5.75 Å². The topological polar surface area (TPSA) is 46.6 Å². The van der Waals surface area contributed by atoms with Gasteiger partial charge in [-0.1, -0.05) is 60.7 Å². The van der Waals surface area contributed by atoms with Crippen LogP contribution < -0.4 is 9.64 Å². The molecule has 1 unspecified atom stereocenters. The van der Waals surface area contributed by atoms with Crippen molar-refractivity contribution < 1.29 is 14.3 Å². The fourth-order valence-corrected chi connectivity index (χ4v) is 5.40. The SMILES string of the molecule is O=C(Cc1ccccc1N1CCC(c2ccccc2)C1)c1ccc2cc3c(cc2c1)C(=O)CCO3. The third-order valence-electron chi connectivity index (χ3n) is 7.29. The molecule has 0 aromatic heterocycles. The Labute approximate surface area is 205 Å². The fourth-order valence-electron chi connectivity index (χ4n) is 5.40. The average molecular weight is 462 g/mol. The van der Waals surface area contributed by atoms with Crippen molar-refractivity contribution in [2.75, 3.05) is 24.6 Å². The Kier molecular flexibility index (Phi) is 5.57. The van der Waals surface area contributed by atoms with Gasteiger partial charge in [0.15, 0.2) is 11.6 Å². The number of anilines is 1. The number of benzene rings is 4. The molecule has 0 spiro atoms. The van der Waals surface area contributed by atoms with E-state index in [-0.39, 0.29) is 11.6 Å². The Morgan fingerprint density at radius 1 is 0.914 bits per heavy atom. The minimum absolute atomic E-state index is 0.0819. The zero-order valence-electron chi connectivity index (χ0n) is 19.6. The average Bonchev–Trinajstić information content (AvgIpc) is 3.39. The summed E-state index contributed by atoms with van der Waals surface area (Å²) in [6.45, 7) is 2.38. The van der Waals surface area contributed by atoms with Crippen molar-refractivity contribution in [3.63, 3.8) is 0 Å². The predicted molar refractivity (Wildman–Crippen MR) is 139 cm³/mol. The van der Waals surface area contributed by atoms with Gasteiger partial charge in [-0.3, -0.25) is 9.59 Å². The van der Waals surface area contributed by atoms with Gasteiger partial charge in [-0.25, -0.2) is 0 Å². The Hall–Kier alpha value is -3.92. The van der Waals surface area contributed by atoms with E-state index in [4.69, 9.17) is 4.74 Å². The second-order valence-electron chi connectivity index (χ2n) is 9.50. The van der Waals surface area contributed by atoms with E-state index in [0.717, 1.165) is 41.5 Å². The van der Waals surface area contributed by atoms with E-state index >= 15 is 0 Å². The number of carbonyl (C=O) groups is 2. The van der Waals surface area contributed by atoms with Crippen LogP contribution in [0.15, 0.2) is 84.9 Å². The van der Waals surface area contributed by atoms with Crippen LogP contribution in [0.3, 0.4) is 0 Å². The summed E-state index contributed by atoms with van der Waals surface area (Å²) in [5.41, 5.74) is 4.86. The third kappa shape index (κ3) is 4.21. The van der Waals surface area contributed by atoms with E-state index in [1.807, 2.05) is 36.4 Å². The first-order valence-corrected chi connectivity index (χ1v) is 12.3. The van der Waals surface area contributed by atoms with Crippen molar-refractivity contribution >= 4 is 28.0 Å². The zero-order chi connectivity index (χ0) is 23.8. The molecule has 4 heteroatoms. The van der Waals surface area contributed by atoms with E-state index in [1.165, 1.54) is 5.56 Å². The van der Waals surface area contributed by atoms with E-state index in [1.54, 1.807) is 0 Å². The molecule has 174 valence electrons. The smallest absolute Gasteiger partial charge is 0.170 e. The number of hydrogen-bond donors (Lipinski definition) is 0. The van der Waals surface area contributed by atoms with Crippen LogP contribution in [0.25, 0.3) is 10.8 Å². The predicted octanol–water partition coefficient (Wildman–Crippen LogP) is 6.22. The Morgan fingerprint density at radius 3 is 2.63 bits per heavy atom. The number of Topliss-reactive ketones (excluding diaryl/α,β-unsaturated/α-hetero) is 2. The molecule has 1 saturated heterocycles. The molecule has 35 heavy (non-hydrogen) atoms. The standard InChI is InChI=1S/C31H27NO3/c33-29-13-15-35-31-19-22-10-11-24(16-26(22)17-27(29)31)30(34)18-23-8-4-5-9-28(23)32-14-12-25(20-32)21-6-2-1-3-7-21/h1-11,16-17,19,25H,12-15,18,20H2. The molecule has 0 aliphatic carbocycles. The molecule has 4 aromatic rings. The lowest BCUT2D eigenvalue weighted by atomic mass is 9.96. The maximum atomic E-state index is 13.4. The highest BCUT2D eigenvalue weighted by molar-refractivity contribution is 6.06. The minimum Gasteiger partial charge on any atom is -0.492 e. The molecule has 0 bridgehead atoms. The maximum absolute atomic E-state index is 13.4. The Bertz CT molecular complexity index is 1430. The molecule has 0 amide bonds. The normalized spacial score (nSPS) is 17.3. The van der Waals surface area contributed by atoms with E-state index in [2.05, 4.69) is 53.4 Å². The monoisotopic (exact) mass is 461 g/mol. The highest BCUT2D eigenvalue weighted by Crippen LogP contribution is 2.34. The van der Waals surface area contributed by atoms with Crippen molar-refractivity contribution in [3.8, 4) is 5.75 Å². The van der Waals surface area contributed by atoms with Crippen molar-refractivity contribution in [3.05, 3.63) is 107 Å². The van der Waals surface area contributed by atoms with Crippen LogP contribution in [-0.2, 0) is 6.42 Å². The molecule has 0 radical (unpaired) electrons.